The summed E-state index contributed by atoms with van der Waals surface area (Å²) in [4.78, 5) is 17.7. The van der Waals surface area contributed by atoms with Crippen molar-refractivity contribution in [3.8, 4) is 0 Å². The lowest BCUT2D eigenvalue weighted by Gasteiger charge is -2.16. The number of nitrogens with one attached hydrogen (secondary N) is 1. The highest BCUT2D eigenvalue weighted by molar-refractivity contribution is 5.94. The van der Waals surface area contributed by atoms with Crippen LogP contribution in [-0.2, 0) is 7.05 Å². The molecule has 2 aromatic heterocycles. The summed E-state index contributed by atoms with van der Waals surface area (Å²) in [7, 11) is 1.88. The predicted octanol–water partition coefficient (Wildman–Crippen LogP) is 1.21. The highest BCUT2D eigenvalue weighted by atomic mass is 16.3. The van der Waals surface area contributed by atoms with Crippen LogP contribution in [0.4, 0.5) is 0 Å². The van der Waals surface area contributed by atoms with E-state index in [1.807, 2.05) is 44.3 Å². The summed E-state index contributed by atoms with van der Waals surface area (Å²) in [5, 5.41) is 13.9. The molecule has 1 amide bonds. The standard InChI is InChI=1S/C16H22N4O2/c1-10-4-11(2)18-15(10)16(22)20-7-13(9-21)14(8-20)12-5-17-19(3)6-12/h4-6,13-14,18,21H,7-9H2,1-3H3/t13-,14-/m0/s1. The molecule has 2 N–H and O–H groups in total. The smallest absolute Gasteiger partial charge is 0.270 e. The number of aromatic amines is 1. The molecule has 6 heteroatoms. The quantitative estimate of drug-likeness (QED) is 0.895. The molecule has 1 aliphatic heterocycles. The van der Waals surface area contributed by atoms with E-state index in [0.717, 1.165) is 16.8 Å². The zero-order valence-electron chi connectivity index (χ0n) is 13.2. The number of aryl methyl sites for hydroxylation is 3. The summed E-state index contributed by atoms with van der Waals surface area (Å²) >= 11 is 0. The third-order valence-corrected chi connectivity index (χ3v) is 4.48. The summed E-state index contributed by atoms with van der Waals surface area (Å²) in [5.74, 6) is 0.207. The van der Waals surface area contributed by atoms with E-state index in [-0.39, 0.29) is 24.3 Å². The summed E-state index contributed by atoms with van der Waals surface area (Å²) in [6.07, 6.45) is 3.79. The molecule has 22 heavy (non-hydrogen) atoms. The molecule has 3 heterocycles. The van der Waals surface area contributed by atoms with E-state index in [0.29, 0.717) is 18.8 Å². The lowest BCUT2D eigenvalue weighted by atomic mass is 9.92. The van der Waals surface area contributed by atoms with Crippen LogP contribution in [-0.4, -0.2) is 50.4 Å². The van der Waals surface area contributed by atoms with Crippen LogP contribution in [0.15, 0.2) is 18.5 Å². The SMILES string of the molecule is Cc1cc(C)c(C(=O)N2C[C@@H](CO)[C@H](c3cnn(C)c3)C2)[nH]1. The zero-order valence-corrected chi connectivity index (χ0v) is 13.2. The molecule has 1 fully saturated rings. The number of likely N-dealkylation sites (tertiary alicyclic amines) is 1. The summed E-state index contributed by atoms with van der Waals surface area (Å²) in [6.45, 7) is 5.16. The van der Waals surface area contributed by atoms with Gasteiger partial charge in [-0.15, -0.1) is 0 Å². The Hall–Kier alpha value is -2.08. The Bertz CT molecular complexity index is 688. The van der Waals surface area contributed by atoms with Crippen LogP contribution in [0, 0.1) is 19.8 Å². The van der Waals surface area contributed by atoms with Crippen molar-refractivity contribution in [1.29, 1.82) is 0 Å². The number of aliphatic hydroxyl groups is 1. The van der Waals surface area contributed by atoms with Crippen molar-refractivity contribution >= 4 is 5.91 Å². The summed E-state index contributed by atoms with van der Waals surface area (Å²) in [5.41, 5.74) is 3.69. The van der Waals surface area contributed by atoms with Crippen LogP contribution in [0.1, 0.15) is 33.2 Å². The molecule has 0 radical (unpaired) electrons. The van der Waals surface area contributed by atoms with Gasteiger partial charge < -0.3 is 15.0 Å². The van der Waals surface area contributed by atoms with Crippen LogP contribution in [0.2, 0.25) is 0 Å². The second-order valence-electron chi connectivity index (χ2n) is 6.22. The van der Waals surface area contributed by atoms with Gasteiger partial charge in [0.2, 0.25) is 0 Å². The molecular formula is C16H22N4O2. The topological polar surface area (TPSA) is 74.2 Å². The fourth-order valence-corrected chi connectivity index (χ4v) is 3.34. The number of aromatic nitrogens is 3. The van der Waals surface area contributed by atoms with E-state index in [1.165, 1.54) is 0 Å². The maximum Gasteiger partial charge on any atom is 0.270 e. The fourth-order valence-electron chi connectivity index (χ4n) is 3.34. The number of H-pyrrole nitrogens is 1. The Morgan fingerprint density at radius 1 is 1.45 bits per heavy atom. The van der Waals surface area contributed by atoms with Gasteiger partial charge in [-0.05, 0) is 31.0 Å². The number of rotatable bonds is 3. The molecular weight excluding hydrogens is 280 g/mol. The van der Waals surface area contributed by atoms with Gasteiger partial charge in [0.05, 0.1) is 6.20 Å². The highest BCUT2D eigenvalue weighted by Crippen LogP contribution is 2.33. The lowest BCUT2D eigenvalue weighted by Crippen LogP contribution is -2.30. The Morgan fingerprint density at radius 2 is 2.23 bits per heavy atom. The molecule has 3 rings (SSSR count). The van der Waals surface area contributed by atoms with Crippen molar-refractivity contribution in [2.24, 2.45) is 13.0 Å². The lowest BCUT2D eigenvalue weighted by molar-refractivity contribution is 0.0775. The van der Waals surface area contributed by atoms with Crippen molar-refractivity contribution in [3.63, 3.8) is 0 Å². The van der Waals surface area contributed by atoms with Crippen LogP contribution in [0.25, 0.3) is 0 Å². The minimum atomic E-state index is 0.00967. The fraction of sp³-hybridized carbons (Fsp3) is 0.500. The number of aliphatic hydroxyl groups excluding tert-OH is 1. The van der Waals surface area contributed by atoms with Crippen molar-refractivity contribution < 1.29 is 9.90 Å². The average molecular weight is 302 g/mol. The summed E-state index contributed by atoms with van der Waals surface area (Å²) in [6, 6.07) is 1.98. The van der Waals surface area contributed by atoms with Gasteiger partial charge in [0.25, 0.3) is 5.91 Å². The van der Waals surface area contributed by atoms with Gasteiger partial charge in [0.1, 0.15) is 5.69 Å². The number of nitrogens with zero attached hydrogens (tertiary/aromatic N) is 3. The Balaban J connectivity index is 1.82. The molecule has 0 aliphatic carbocycles. The van der Waals surface area contributed by atoms with Crippen molar-refractivity contribution in [1.82, 2.24) is 19.7 Å². The van der Waals surface area contributed by atoms with E-state index in [1.54, 1.807) is 4.68 Å². The van der Waals surface area contributed by atoms with E-state index in [4.69, 9.17) is 0 Å². The van der Waals surface area contributed by atoms with Crippen molar-refractivity contribution in [3.05, 3.63) is 41.0 Å². The second-order valence-corrected chi connectivity index (χ2v) is 6.22. The average Bonchev–Trinajstić information content (AvgIpc) is 3.16. The molecule has 2 atom stereocenters. The number of carbonyl (C=O) groups is 1. The Morgan fingerprint density at radius 3 is 2.77 bits per heavy atom. The molecule has 1 saturated heterocycles. The number of hydrogen-bond donors (Lipinski definition) is 2. The molecule has 1 aliphatic rings. The monoisotopic (exact) mass is 302 g/mol. The van der Waals surface area contributed by atoms with Crippen LogP contribution in [0.5, 0.6) is 0 Å². The van der Waals surface area contributed by atoms with E-state index in [2.05, 4.69) is 10.1 Å². The van der Waals surface area contributed by atoms with Gasteiger partial charge in [-0.25, -0.2) is 0 Å². The van der Waals surface area contributed by atoms with E-state index >= 15 is 0 Å². The molecule has 6 nitrogen and oxygen atoms in total. The Labute approximate surface area is 129 Å². The van der Waals surface area contributed by atoms with Gasteiger partial charge >= 0.3 is 0 Å². The van der Waals surface area contributed by atoms with Gasteiger partial charge in [-0.1, -0.05) is 0 Å². The number of carbonyl (C=O) groups excluding carboxylic acids is 1. The van der Waals surface area contributed by atoms with Gasteiger partial charge in [-0.2, -0.15) is 5.10 Å². The zero-order chi connectivity index (χ0) is 15.9. The molecule has 0 bridgehead atoms. The summed E-state index contributed by atoms with van der Waals surface area (Å²) < 4.78 is 1.76. The minimum Gasteiger partial charge on any atom is -0.396 e. The maximum atomic E-state index is 12.7. The van der Waals surface area contributed by atoms with E-state index in [9.17, 15) is 9.90 Å². The number of hydrogen-bond acceptors (Lipinski definition) is 3. The van der Waals surface area contributed by atoms with Crippen LogP contribution >= 0.6 is 0 Å². The van der Waals surface area contributed by atoms with Crippen LogP contribution in [0.3, 0.4) is 0 Å². The third-order valence-electron chi connectivity index (χ3n) is 4.48. The Kier molecular flexibility index (Phi) is 3.78. The highest BCUT2D eigenvalue weighted by Gasteiger charge is 2.37. The van der Waals surface area contributed by atoms with E-state index < -0.39 is 0 Å². The predicted molar refractivity (Wildman–Crippen MR) is 82.7 cm³/mol. The van der Waals surface area contributed by atoms with Gasteiger partial charge in [0, 0.05) is 50.5 Å². The van der Waals surface area contributed by atoms with Crippen molar-refractivity contribution in [2.45, 2.75) is 19.8 Å². The third kappa shape index (κ3) is 2.54. The molecule has 0 aromatic carbocycles. The molecule has 0 spiro atoms. The van der Waals surface area contributed by atoms with Gasteiger partial charge in [0.15, 0.2) is 0 Å². The number of amides is 1. The van der Waals surface area contributed by atoms with Gasteiger partial charge in [-0.3, -0.25) is 9.48 Å². The normalized spacial score (nSPS) is 21.5. The first-order valence-electron chi connectivity index (χ1n) is 7.54. The molecule has 0 saturated carbocycles. The first-order valence-corrected chi connectivity index (χ1v) is 7.54. The first kappa shape index (κ1) is 14.8. The van der Waals surface area contributed by atoms with Crippen molar-refractivity contribution in [2.75, 3.05) is 19.7 Å². The first-order chi connectivity index (χ1) is 10.5. The largest absolute Gasteiger partial charge is 0.396 e. The molecule has 0 unspecified atom stereocenters. The minimum absolute atomic E-state index is 0.00967. The maximum absolute atomic E-state index is 12.7. The van der Waals surface area contributed by atoms with Crippen LogP contribution < -0.4 is 0 Å². The second kappa shape index (κ2) is 5.61. The molecule has 2 aromatic rings. The molecule has 118 valence electrons.